The molecule has 0 heterocycles. The second-order valence-corrected chi connectivity index (χ2v) is 3.52. The molecule has 1 aliphatic carbocycles. The number of carboxylic acid groups (broad SMARTS) is 1. The van der Waals surface area contributed by atoms with Crippen LogP contribution in [0.1, 0.15) is 32.6 Å². The maximum absolute atomic E-state index is 10.8. The van der Waals surface area contributed by atoms with Crippen LogP contribution in [0, 0.1) is 5.92 Å². The van der Waals surface area contributed by atoms with Crippen molar-refractivity contribution in [3.63, 3.8) is 0 Å². The van der Waals surface area contributed by atoms with Gasteiger partial charge in [0.15, 0.2) is 0 Å². The Labute approximate surface area is 77.3 Å². The highest BCUT2D eigenvalue weighted by atomic mass is 16.4. The van der Waals surface area contributed by atoms with Gasteiger partial charge < -0.3 is 15.2 Å². The molecule has 1 aliphatic rings. The van der Waals surface area contributed by atoms with Crippen molar-refractivity contribution in [1.29, 1.82) is 0 Å². The van der Waals surface area contributed by atoms with Gasteiger partial charge in [0.1, 0.15) is 0 Å². The van der Waals surface area contributed by atoms with E-state index in [0.29, 0.717) is 6.42 Å². The summed E-state index contributed by atoms with van der Waals surface area (Å²) in [6.45, 7) is 1.40. The molecule has 0 aromatic rings. The zero-order valence-corrected chi connectivity index (χ0v) is 7.71. The average molecular weight is 184 g/mol. The van der Waals surface area contributed by atoms with Crippen LogP contribution in [0.3, 0.4) is 0 Å². The minimum atomic E-state index is -1.04. The maximum atomic E-state index is 10.8. The van der Waals surface area contributed by atoms with E-state index in [0.717, 1.165) is 19.3 Å². The van der Waals surface area contributed by atoms with E-state index in [4.69, 9.17) is 0 Å². The molecule has 0 bridgehead atoms. The van der Waals surface area contributed by atoms with Gasteiger partial charge in [-0.25, -0.2) is 0 Å². The first-order valence-corrected chi connectivity index (χ1v) is 4.59. The van der Waals surface area contributed by atoms with Gasteiger partial charge in [-0.1, -0.05) is 12.8 Å². The molecule has 4 nitrogen and oxygen atoms in total. The second kappa shape index (κ2) is 4.25. The third-order valence-electron chi connectivity index (χ3n) is 2.46. The number of aliphatic carboxylic acids is 1. The van der Waals surface area contributed by atoms with Gasteiger partial charge in [0, 0.05) is 24.9 Å². The Balaban J connectivity index is 2.56. The quantitative estimate of drug-likeness (QED) is 0.625. The lowest BCUT2D eigenvalue weighted by Gasteiger charge is -2.32. The van der Waals surface area contributed by atoms with E-state index < -0.39 is 11.9 Å². The van der Waals surface area contributed by atoms with Crippen molar-refractivity contribution in [2.45, 2.75) is 38.6 Å². The molecular weight excluding hydrogens is 170 g/mol. The number of nitrogens with one attached hydrogen (secondary N) is 1. The molecule has 4 heteroatoms. The fourth-order valence-corrected chi connectivity index (χ4v) is 1.85. The van der Waals surface area contributed by atoms with Crippen molar-refractivity contribution < 1.29 is 14.7 Å². The molecular formula is C9H14NO3-. The van der Waals surface area contributed by atoms with Crippen molar-refractivity contribution in [2.24, 2.45) is 5.92 Å². The highest BCUT2D eigenvalue weighted by Gasteiger charge is 2.26. The lowest BCUT2D eigenvalue weighted by molar-refractivity contribution is -0.313. The first kappa shape index (κ1) is 10.0. The zero-order valence-electron chi connectivity index (χ0n) is 7.71. The number of carboxylic acids is 1. The van der Waals surface area contributed by atoms with Crippen LogP contribution in [0.5, 0.6) is 0 Å². The third kappa shape index (κ3) is 2.72. The van der Waals surface area contributed by atoms with E-state index in [-0.39, 0.29) is 11.9 Å². The van der Waals surface area contributed by atoms with Crippen LogP contribution in [0.15, 0.2) is 0 Å². The molecule has 0 saturated heterocycles. The maximum Gasteiger partial charge on any atom is 0.217 e. The summed E-state index contributed by atoms with van der Waals surface area (Å²) in [6.07, 6.45) is 3.26. The number of amides is 1. The molecule has 0 aromatic carbocycles. The minimum absolute atomic E-state index is 0.168. The summed E-state index contributed by atoms with van der Waals surface area (Å²) in [5, 5.41) is 13.3. The lowest BCUT2D eigenvalue weighted by Crippen LogP contribution is -2.48. The predicted octanol–water partition coefficient (Wildman–Crippen LogP) is -0.569. The normalized spacial score (nSPS) is 28.1. The summed E-state index contributed by atoms with van der Waals surface area (Å²) in [7, 11) is 0. The van der Waals surface area contributed by atoms with E-state index in [1.165, 1.54) is 6.92 Å². The van der Waals surface area contributed by atoms with Gasteiger partial charge in [-0.2, -0.15) is 0 Å². The molecule has 1 N–H and O–H groups in total. The number of hydrogen-bond donors (Lipinski definition) is 1. The largest absolute Gasteiger partial charge is 0.550 e. The molecule has 1 amide bonds. The highest BCUT2D eigenvalue weighted by molar-refractivity contribution is 5.75. The molecule has 0 spiro atoms. The van der Waals surface area contributed by atoms with Gasteiger partial charge in [0.05, 0.1) is 0 Å². The van der Waals surface area contributed by atoms with Crippen molar-refractivity contribution in [1.82, 2.24) is 5.32 Å². The van der Waals surface area contributed by atoms with Crippen LogP contribution >= 0.6 is 0 Å². The minimum Gasteiger partial charge on any atom is -0.550 e. The van der Waals surface area contributed by atoms with Gasteiger partial charge in [-0.05, 0) is 12.8 Å². The van der Waals surface area contributed by atoms with Crippen LogP contribution in [0.25, 0.3) is 0 Å². The summed E-state index contributed by atoms with van der Waals surface area (Å²) in [6, 6.07) is -0.226. The summed E-state index contributed by atoms with van der Waals surface area (Å²) in [4.78, 5) is 21.4. The summed E-state index contributed by atoms with van der Waals surface area (Å²) >= 11 is 0. The van der Waals surface area contributed by atoms with E-state index in [9.17, 15) is 14.7 Å². The van der Waals surface area contributed by atoms with Crippen LogP contribution in [0.2, 0.25) is 0 Å². The van der Waals surface area contributed by atoms with Gasteiger partial charge in [0.25, 0.3) is 0 Å². The van der Waals surface area contributed by atoms with Gasteiger partial charge in [0.2, 0.25) is 5.91 Å². The van der Waals surface area contributed by atoms with Crippen molar-refractivity contribution in [3.05, 3.63) is 0 Å². The molecule has 0 aliphatic heterocycles. The molecule has 0 radical (unpaired) electrons. The predicted molar refractivity (Wildman–Crippen MR) is 44.6 cm³/mol. The van der Waals surface area contributed by atoms with Crippen LogP contribution in [0.4, 0.5) is 0 Å². The van der Waals surface area contributed by atoms with Gasteiger partial charge >= 0.3 is 0 Å². The lowest BCUT2D eigenvalue weighted by atomic mass is 9.84. The van der Waals surface area contributed by atoms with Crippen molar-refractivity contribution >= 4 is 11.9 Å². The number of carbonyl (C=O) groups excluding carboxylic acids is 2. The van der Waals surface area contributed by atoms with Crippen LogP contribution in [-0.4, -0.2) is 17.9 Å². The summed E-state index contributed by atoms with van der Waals surface area (Å²) < 4.78 is 0. The molecule has 1 rings (SSSR count). The fraction of sp³-hybridized carbons (Fsp3) is 0.778. The van der Waals surface area contributed by atoms with E-state index >= 15 is 0 Å². The van der Waals surface area contributed by atoms with Crippen molar-refractivity contribution in [3.8, 4) is 0 Å². The highest BCUT2D eigenvalue weighted by Crippen LogP contribution is 2.23. The Morgan fingerprint density at radius 1 is 1.31 bits per heavy atom. The Bertz CT molecular complexity index is 215. The van der Waals surface area contributed by atoms with Crippen LogP contribution < -0.4 is 10.4 Å². The Morgan fingerprint density at radius 2 is 1.92 bits per heavy atom. The standard InChI is InChI=1S/C9H15NO3/c1-6(11)10-8-5-3-2-4-7(8)9(12)13/h7-8H,2-5H2,1H3,(H,10,11)(H,12,13)/p-1/t7-,8+/m0/s1. The molecule has 1 saturated carbocycles. The first-order chi connectivity index (χ1) is 6.11. The average Bonchev–Trinajstić information content (AvgIpc) is 2.03. The summed E-state index contributed by atoms with van der Waals surface area (Å²) in [5.41, 5.74) is 0. The molecule has 13 heavy (non-hydrogen) atoms. The Hall–Kier alpha value is -1.06. The molecule has 1 fully saturated rings. The third-order valence-corrected chi connectivity index (χ3v) is 2.46. The summed E-state index contributed by atoms with van der Waals surface area (Å²) in [5.74, 6) is -1.71. The van der Waals surface area contributed by atoms with Gasteiger partial charge in [-0.3, -0.25) is 4.79 Å². The molecule has 74 valence electrons. The van der Waals surface area contributed by atoms with E-state index in [1.807, 2.05) is 0 Å². The number of carbonyl (C=O) groups is 2. The fourth-order valence-electron chi connectivity index (χ4n) is 1.85. The number of rotatable bonds is 2. The zero-order chi connectivity index (χ0) is 9.84. The second-order valence-electron chi connectivity index (χ2n) is 3.52. The smallest absolute Gasteiger partial charge is 0.217 e. The molecule has 0 aromatic heterocycles. The first-order valence-electron chi connectivity index (χ1n) is 4.59. The topological polar surface area (TPSA) is 69.2 Å². The Morgan fingerprint density at radius 3 is 2.46 bits per heavy atom. The molecule has 2 atom stereocenters. The number of hydrogen-bond acceptors (Lipinski definition) is 3. The van der Waals surface area contributed by atoms with Gasteiger partial charge in [-0.15, -0.1) is 0 Å². The van der Waals surface area contributed by atoms with Crippen LogP contribution in [-0.2, 0) is 9.59 Å². The van der Waals surface area contributed by atoms with Crippen molar-refractivity contribution in [2.75, 3.05) is 0 Å². The van der Waals surface area contributed by atoms with E-state index in [1.54, 1.807) is 0 Å². The van der Waals surface area contributed by atoms with E-state index in [2.05, 4.69) is 5.32 Å². The SMILES string of the molecule is CC(=O)N[C@@H]1CCCC[C@@H]1C(=O)[O-]. The molecule has 0 unspecified atom stereocenters. The monoisotopic (exact) mass is 184 g/mol. The Kier molecular flexibility index (Phi) is 3.28.